The number of para-hydroxylation sites is 1. The van der Waals surface area contributed by atoms with Crippen molar-refractivity contribution in [2.24, 2.45) is 0 Å². The second kappa shape index (κ2) is 5.27. The first-order valence-electron chi connectivity index (χ1n) is 6.64. The molecule has 1 unspecified atom stereocenters. The van der Waals surface area contributed by atoms with Gasteiger partial charge in [0.2, 0.25) is 0 Å². The summed E-state index contributed by atoms with van der Waals surface area (Å²) in [7, 11) is 0. The smallest absolute Gasteiger partial charge is 0.162 e. The Bertz CT molecular complexity index is 575. The zero-order valence-corrected chi connectivity index (χ0v) is 10.7. The van der Waals surface area contributed by atoms with Crippen LogP contribution in [0.5, 0.6) is 5.75 Å². The summed E-state index contributed by atoms with van der Waals surface area (Å²) in [6.07, 6.45) is 1.43. The van der Waals surface area contributed by atoms with Gasteiger partial charge in [0.1, 0.15) is 5.75 Å². The topological polar surface area (TPSA) is 26.3 Å². The third-order valence-corrected chi connectivity index (χ3v) is 3.61. The predicted octanol–water partition coefficient (Wildman–Crippen LogP) is 3.83. The van der Waals surface area contributed by atoms with E-state index in [0.717, 1.165) is 17.7 Å². The second-order valence-electron chi connectivity index (χ2n) is 4.87. The number of benzene rings is 2. The molecule has 0 radical (unpaired) electrons. The molecule has 3 rings (SSSR count). The Morgan fingerprint density at radius 3 is 2.63 bits per heavy atom. The fourth-order valence-electron chi connectivity index (χ4n) is 2.54. The van der Waals surface area contributed by atoms with Crippen molar-refractivity contribution < 1.29 is 9.53 Å². The Morgan fingerprint density at radius 1 is 1.05 bits per heavy atom. The Balaban J connectivity index is 1.64. The molecule has 1 aliphatic rings. The van der Waals surface area contributed by atoms with Crippen LogP contribution < -0.4 is 4.74 Å². The summed E-state index contributed by atoms with van der Waals surface area (Å²) in [6.45, 7) is 0.696. The highest BCUT2D eigenvalue weighted by atomic mass is 16.5. The average molecular weight is 252 g/mol. The van der Waals surface area contributed by atoms with Crippen molar-refractivity contribution in [2.75, 3.05) is 6.61 Å². The third-order valence-electron chi connectivity index (χ3n) is 3.61. The van der Waals surface area contributed by atoms with Gasteiger partial charge in [0.05, 0.1) is 6.61 Å². The van der Waals surface area contributed by atoms with Crippen LogP contribution in [0, 0.1) is 0 Å². The van der Waals surface area contributed by atoms with Crippen LogP contribution in [0.4, 0.5) is 0 Å². The summed E-state index contributed by atoms with van der Waals surface area (Å²) in [5, 5.41) is 0. The predicted molar refractivity (Wildman–Crippen MR) is 74.7 cm³/mol. The Hall–Kier alpha value is -2.09. The van der Waals surface area contributed by atoms with E-state index in [-0.39, 0.29) is 5.78 Å². The highest BCUT2D eigenvalue weighted by Gasteiger charge is 2.24. The first-order chi connectivity index (χ1) is 9.34. The van der Waals surface area contributed by atoms with Crippen molar-refractivity contribution in [3.05, 3.63) is 65.7 Å². The van der Waals surface area contributed by atoms with Gasteiger partial charge in [-0.1, -0.05) is 48.5 Å². The van der Waals surface area contributed by atoms with Gasteiger partial charge in [-0.3, -0.25) is 4.79 Å². The van der Waals surface area contributed by atoms with Gasteiger partial charge < -0.3 is 4.74 Å². The number of Topliss-reactive ketones (excluding diaryl/α,β-unsaturated/α-hetero) is 1. The molecule has 0 bridgehead atoms. The van der Waals surface area contributed by atoms with Crippen molar-refractivity contribution in [3.8, 4) is 5.75 Å². The van der Waals surface area contributed by atoms with Gasteiger partial charge in [-0.2, -0.15) is 0 Å². The van der Waals surface area contributed by atoms with Crippen LogP contribution in [-0.2, 0) is 0 Å². The number of ketones is 1. The lowest BCUT2D eigenvalue weighted by molar-refractivity contribution is 0.0976. The lowest BCUT2D eigenvalue weighted by Gasteiger charge is -2.07. The van der Waals surface area contributed by atoms with Crippen LogP contribution in [0.15, 0.2) is 54.6 Å². The molecular formula is C17H16O2. The van der Waals surface area contributed by atoms with Crippen molar-refractivity contribution >= 4 is 5.78 Å². The van der Waals surface area contributed by atoms with E-state index in [0.29, 0.717) is 18.9 Å². The van der Waals surface area contributed by atoms with E-state index in [2.05, 4.69) is 6.07 Å². The number of carbonyl (C=O) groups excluding carboxylic acids is 1. The lowest BCUT2D eigenvalue weighted by Crippen LogP contribution is -2.05. The molecule has 0 fully saturated rings. The molecule has 0 N–H and O–H groups in total. The SMILES string of the molecule is O=C(CCC1COc2ccccc21)c1ccccc1. The maximum absolute atomic E-state index is 12.1. The fraction of sp³-hybridized carbons (Fsp3) is 0.235. The van der Waals surface area contributed by atoms with E-state index in [1.165, 1.54) is 5.56 Å². The maximum atomic E-state index is 12.1. The zero-order chi connectivity index (χ0) is 13.1. The maximum Gasteiger partial charge on any atom is 0.162 e. The highest BCUT2D eigenvalue weighted by molar-refractivity contribution is 5.96. The van der Waals surface area contributed by atoms with Crippen molar-refractivity contribution in [2.45, 2.75) is 18.8 Å². The van der Waals surface area contributed by atoms with Crippen molar-refractivity contribution in [3.63, 3.8) is 0 Å². The number of hydrogen-bond donors (Lipinski definition) is 0. The Kier molecular flexibility index (Phi) is 3.32. The first kappa shape index (κ1) is 12.0. The molecule has 2 heteroatoms. The number of rotatable bonds is 4. The van der Waals surface area contributed by atoms with Crippen molar-refractivity contribution in [1.29, 1.82) is 0 Å². The molecule has 2 nitrogen and oxygen atoms in total. The van der Waals surface area contributed by atoms with Crippen molar-refractivity contribution in [1.82, 2.24) is 0 Å². The number of ether oxygens (including phenoxy) is 1. The molecule has 1 atom stereocenters. The van der Waals surface area contributed by atoms with Crippen LogP contribution in [0.2, 0.25) is 0 Å². The molecule has 1 aliphatic heterocycles. The van der Waals surface area contributed by atoms with Gasteiger partial charge >= 0.3 is 0 Å². The summed E-state index contributed by atoms with van der Waals surface area (Å²) < 4.78 is 5.64. The molecule has 96 valence electrons. The molecule has 0 aliphatic carbocycles. The normalized spacial score (nSPS) is 16.7. The van der Waals surface area contributed by atoms with Gasteiger partial charge in [0.15, 0.2) is 5.78 Å². The molecule has 0 spiro atoms. The fourth-order valence-corrected chi connectivity index (χ4v) is 2.54. The van der Waals surface area contributed by atoms with Crippen LogP contribution in [0.1, 0.15) is 34.7 Å². The quantitative estimate of drug-likeness (QED) is 0.773. The van der Waals surface area contributed by atoms with Gasteiger partial charge in [-0.25, -0.2) is 0 Å². The van der Waals surface area contributed by atoms with Gasteiger partial charge in [-0.05, 0) is 12.5 Å². The van der Waals surface area contributed by atoms with Crippen LogP contribution in [0.25, 0.3) is 0 Å². The minimum atomic E-state index is 0.213. The molecule has 0 amide bonds. The molecule has 0 saturated heterocycles. The van der Waals surface area contributed by atoms with E-state index < -0.39 is 0 Å². The summed E-state index contributed by atoms with van der Waals surface area (Å²) in [4.78, 5) is 12.1. The summed E-state index contributed by atoms with van der Waals surface area (Å²) in [5.41, 5.74) is 2.04. The molecule has 2 aromatic carbocycles. The van der Waals surface area contributed by atoms with Crippen LogP contribution in [-0.4, -0.2) is 12.4 Å². The molecule has 1 heterocycles. The van der Waals surface area contributed by atoms with Gasteiger partial charge in [0.25, 0.3) is 0 Å². The second-order valence-corrected chi connectivity index (χ2v) is 4.87. The van der Waals surface area contributed by atoms with Crippen LogP contribution in [0.3, 0.4) is 0 Å². The lowest BCUT2D eigenvalue weighted by atomic mass is 9.94. The zero-order valence-electron chi connectivity index (χ0n) is 10.7. The van der Waals surface area contributed by atoms with E-state index in [1.54, 1.807) is 0 Å². The molecule has 19 heavy (non-hydrogen) atoms. The van der Waals surface area contributed by atoms with E-state index in [1.807, 2.05) is 48.5 Å². The van der Waals surface area contributed by atoms with E-state index in [4.69, 9.17) is 4.74 Å². The minimum Gasteiger partial charge on any atom is -0.493 e. The van der Waals surface area contributed by atoms with Gasteiger partial charge in [0, 0.05) is 23.5 Å². The van der Waals surface area contributed by atoms with E-state index >= 15 is 0 Å². The van der Waals surface area contributed by atoms with Gasteiger partial charge in [-0.15, -0.1) is 0 Å². The van der Waals surface area contributed by atoms with Crippen LogP contribution >= 0.6 is 0 Å². The number of fused-ring (bicyclic) bond motifs is 1. The molecule has 0 saturated carbocycles. The number of hydrogen-bond acceptors (Lipinski definition) is 2. The molecule has 0 aromatic heterocycles. The average Bonchev–Trinajstić information content (AvgIpc) is 2.89. The molecule has 2 aromatic rings. The Morgan fingerprint density at radius 2 is 1.79 bits per heavy atom. The molecular weight excluding hydrogens is 236 g/mol. The third kappa shape index (κ3) is 2.53. The monoisotopic (exact) mass is 252 g/mol. The van der Waals surface area contributed by atoms with E-state index in [9.17, 15) is 4.79 Å². The number of carbonyl (C=O) groups is 1. The highest BCUT2D eigenvalue weighted by Crippen LogP contribution is 2.36. The first-order valence-corrected chi connectivity index (χ1v) is 6.64. The standard InChI is InChI=1S/C17H16O2/c18-16(13-6-2-1-3-7-13)11-10-14-12-19-17-9-5-4-8-15(14)17/h1-9,14H,10-12H2. The minimum absolute atomic E-state index is 0.213. The summed E-state index contributed by atoms with van der Waals surface area (Å²) >= 11 is 0. The summed E-state index contributed by atoms with van der Waals surface area (Å²) in [6, 6.07) is 17.6. The largest absolute Gasteiger partial charge is 0.493 e. The Labute approximate surface area is 113 Å². The summed E-state index contributed by atoms with van der Waals surface area (Å²) in [5.74, 6) is 1.54.